The Morgan fingerprint density at radius 3 is 2.71 bits per heavy atom. The van der Waals surface area contributed by atoms with Crippen molar-refractivity contribution in [3.8, 4) is 0 Å². The Balaban J connectivity index is 1.76. The molecule has 0 radical (unpaired) electrons. The first-order valence-electron chi connectivity index (χ1n) is 11.7. The van der Waals surface area contributed by atoms with Crippen LogP contribution in [0.25, 0.3) is 0 Å². The van der Waals surface area contributed by atoms with Gasteiger partial charge in [-0.15, -0.1) is 0 Å². The predicted octanol–water partition coefficient (Wildman–Crippen LogP) is 2.73. The second-order valence-corrected chi connectivity index (χ2v) is 10.7. The van der Waals surface area contributed by atoms with Crippen LogP contribution in [0.1, 0.15) is 58.4 Å². The lowest BCUT2D eigenvalue weighted by Gasteiger charge is -2.52. The van der Waals surface area contributed by atoms with E-state index in [1.165, 1.54) is 6.42 Å². The van der Waals surface area contributed by atoms with Crippen molar-refractivity contribution >= 4 is 12.1 Å². The number of amides is 1. The number of hydrogen-bond donors (Lipinski definition) is 4. The molecule has 1 aromatic rings. The van der Waals surface area contributed by atoms with E-state index in [1.54, 1.807) is 6.21 Å². The number of fused-ring (bicyclic) bond motifs is 1. The first-order chi connectivity index (χ1) is 14.6. The molecule has 5 N–H and O–H groups in total. The summed E-state index contributed by atoms with van der Waals surface area (Å²) in [6.07, 6.45) is 6.54. The molecule has 1 aliphatic heterocycles. The van der Waals surface area contributed by atoms with E-state index in [1.807, 2.05) is 51.1 Å². The topological polar surface area (TPSA) is 102 Å². The molecule has 2 fully saturated rings. The molecule has 6 heteroatoms. The van der Waals surface area contributed by atoms with Crippen LogP contribution in [0.15, 0.2) is 30.3 Å². The number of β-amino-alcohol motifs (C(OH)–C–C–N with tert-alkyl or cyclic N) is 1. The zero-order chi connectivity index (χ0) is 22.6. The smallest absolute Gasteiger partial charge is 0.237 e. The van der Waals surface area contributed by atoms with Gasteiger partial charge in [0.15, 0.2) is 0 Å². The summed E-state index contributed by atoms with van der Waals surface area (Å²) in [4.78, 5) is 15.3. The molecule has 1 heterocycles. The largest absolute Gasteiger partial charge is 0.390 e. The maximum Gasteiger partial charge on any atom is 0.237 e. The van der Waals surface area contributed by atoms with Gasteiger partial charge in [0.05, 0.1) is 12.1 Å². The molecule has 1 aliphatic carbocycles. The van der Waals surface area contributed by atoms with Gasteiger partial charge in [0, 0.05) is 36.3 Å². The molecule has 6 nitrogen and oxygen atoms in total. The number of carbonyl (C=O) groups excluding carboxylic acids is 1. The van der Waals surface area contributed by atoms with Gasteiger partial charge in [-0.2, -0.15) is 0 Å². The van der Waals surface area contributed by atoms with E-state index in [2.05, 4.69) is 10.2 Å². The van der Waals surface area contributed by atoms with Crippen molar-refractivity contribution in [2.75, 3.05) is 13.1 Å². The minimum atomic E-state index is -0.743. The summed E-state index contributed by atoms with van der Waals surface area (Å²) < 4.78 is 0. The normalized spacial score (nSPS) is 28.9. The van der Waals surface area contributed by atoms with Crippen molar-refractivity contribution in [2.24, 2.45) is 17.1 Å². The summed E-state index contributed by atoms with van der Waals surface area (Å²) in [7, 11) is 0. The number of rotatable bonds is 7. The van der Waals surface area contributed by atoms with E-state index in [4.69, 9.17) is 11.1 Å². The van der Waals surface area contributed by atoms with Crippen molar-refractivity contribution in [1.82, 2.24) is 10.2 Å². The van der Waals surface area contributed by atoms with E-state index in [0.29, 0.717) is 25.4 Å². The zero-order valence-electron chi connectivity index (χ0n) is 19.3. The predicted molar refractivity (Wildman–Crippen MR) is 125 cm³/mol. The lowest BCUT2D eigenvalue weighted by atomic mass is 9.62. The van der Waals surface area contributed by atoms with E-state index >= 15 is 0 Å². The molecule has 1 unspecified atom stereocenters. The quantitative estimate of drug-likeness (QED) is 0.502. The highest BCUT2D eigenvalue weighted by molar-refractivity contribution is 5.83. The van der Waals surface area contributed by atoms with E-state index in [9.17, 15) is 9.90 Å². The zero-order valence-corrected chi connectivity index (χ0v) is 19.3. The Hall–Kier alpha value is -1.76. The number of likely N-dealkylation sites (tertiary alicyclic amines) is 1. The lowest BCUT2D eigenvalue weighted by molar-refractivity contribution is -0.133. The average Bonchev–Trinajstić information content (AvgIpc) is 2.72. The molecule has 1 saturated carbocycles. The van der Waals surface area contributed by atoms with Crippen LogP contribution in [0, 0.1) is 16.7 Å². The van der Waals surface area contributed by atoms with Gasteiger partial charge in [0.25, 0.3) is 0 Å². The van der Waals surface area contributed by atoms with E-state index < -0.39 is 12.1 Å². The molecule has 2 aliphatic rings. The molecule has 1 saturated heterocycles. The number of nitrogens with two attached hydrogens (primary N) is 1. The molecule has 1 aromatic carbocycles. The van der Waals surface area contributed by atoms with Crippen LogP contribution in [0.2, 0.25) is 0 Å². The van der Waals surface area contributed by atoms with Gasteiger partial charge in [0.1, 0.15) is 0 Å². The Bertz CT molecular complexity index is 748. The van der Waals surface area contributed by atoms with Gasteiger partial charge in [-0.1, -0.05) is 43.2 Å². The fourth-order valence-electron chi connectivity index (χ4n) is 5.36. The van der Waals surface area contributed by atoms with Crippen molar-refractivity contribution in [1.29, 1.82) is 5.41 Å². The summed E-state index contributed by atoms with van der Waals surface area (Å²) in [5, 5.41) is 22.3. The van der Waals surface area contributed by atoms with Crippen LogP contribution >= 0.6 is 0 Å². The number of piperidine rings is 1. The highest BCUT2D eigenvalue weighted by Crippen LogP contribution is 2.47. The van der Waals surface area contributed by atoms with Gasteiger partial charge in [-0.3, -0.25) is 9.69 Å². The number of benzene rings is 1. The van der Waals surface area contributed by atoms with Crippen LogP contribution in [0.4, 0.5) is 0 Å². The number of carbonyl (C=O) groups is 1. The maximum atomic E-state index is 13.2. The van der Waals surface area contributed by atoms with Gasteiger partial charge in [0.2, 0.25) is 5.91 Å². The molecule has 1 amide bonds. The van der Waals surface area contributed by atoms with Crippen molar-refractivity contribution in [3.05, 3.63) is 35.9 Å². The monoisotopic (exact) mass is 428 g/mol. The third kappa shape index (κ3) is 5.93. The van der Waals surface area contributed by atoms with Crippen molar-refractivity contribution in [3.63, 3.8) is 0 Å². The third-order valence-corrected chi connectivity index (χ3v) is 7.02. The number of nitrogens with one attached hydrogen (secondary N) is 2. The van der Waals surface area contributed by atoms with Crippen LogP contribution in [-0.2, 0) is 11.2 Å². The van der Waals surface area contributed by atoms with Crippen LogP contribution in [-0.4, -0.2) is 58.9 Å². The Kier molecular flexibility index (Phi) is 7.55. The molecule has 31 heavy (non-hydrogen) atoms. The Morgan fingerprint density at radius 2 is 2.06 bits per heavy atom. The molecule has 172 valence electrons. The van der Waals surface area contributed by atoms with Crippen LogP contribution in [0.5, 0.6) is 0 Å². The fourth-order valence-corrected chi connectivity index (χ4v) is 5.36. The van der Waals surface area contributed by atoms with E-state index in [0.717, 1.165) is 31.2 Å². The van der Waals surface area contributed by atoms with Gasteiger partial charge in [-0.25, -0.2) is 0 Å². The van der Waals surface area contributed by atoms with Gasteiger partial charge in [-0.05, 0) is 57.9 Å². The average molecular weight is 429 g/mol. The first kappa shape index (κ1) is 23.9. The number of hydrogen-bond acceptors (Lipinski definition) is 5. The fraction of sp³-hybridized carbons (Fsp3) is 0.680. The maximum absolute atomic E-state index is 13.2. The Labute approximate surface area is 187 Å². The lowest BCUT2D eigenvalue weighted by Crippen LogP contribution is -2.63. The molecule has 0 spiro atoms. The van der Waals surface area contributed by atoms with E-state index in [-0.39, 0.29) is 22.9 Å². The SMILES string of the molecule is CC(C)(C)NC(=O)[C@@H]1C[C@@H]2CCCCC2(C=N)CN1C[C@@H](O)[C@@H](N)Cc1ccccc1. The molecular weight excluding hydrogens is 388 g/mol. The van der Waals surface area contributed by atoms with Crippen molar-refractivity contribution < 1.29 is 9.90 Å². The standard InChI is InChI=1S/C25H40N4O2/c1-24(2,3)28-23(31)21-14-19-11-7-8-12-25(19,16-26)17-29(21)15-22(30)20(27)13-18-9-5-4-6-10-18/h4-6,9-10,16,19-22,26,30H,7-8,11-15,17,27H2,1-3H3,(H,28,31)/t19-,20-,21-,22+,25?/m0/s1. The van der Waals surface area contributed by atoms with Crippen LogP contribution in [0.3, 0.4) is 0 Å². The van der Waals surface area contributed by atoms with Gasteiger partial charge < -0.3 is 21.6 Å². The summed E-state index contributed by atoms with van der Waals surface area (Å²) in [6, 6.07) is 9.25. The molecule has 5 atom stereocenters. The number of nitrogens with zero attached hydrogens (tertiary/aromatic N) is 1. The molecule has 0 aromatic heterocycles. The molecule has 0 bridgehead atoms. The Morgan fingerprint density at radius 1 is 1.35 bits per heavy atom. The summed E-state index contributed by atoms with van der Waals surface area (Å²) >= 11 is 0. The summed E-state index contributed by atoms with van der Waals surface area (Å²) in [5.41, 5.74) is 6.95. The summed E-state index contributed by atoms with van der Waals surface area (Å²) in [5.74, 6) is 0.362. The number of aliphatic hydroxyl groups is 1. The molecular formula is C25H40N4O2. The minimum absolute atomic E-state index is 0.0143. The highest BCUT2D eigenvalue weighted by Gasteiger charge is 2.49. The molecule has 3 rings (SSSR count). The highest BCUT2D eigenvalue weighted by atomic mass is 16.3. The second kappa shape index (κ2) is 9.80. The second-order valence-electron chi connectivity index (χ2n) is 10.7. The van der Waals surface area contributed by atoms with Gasteiger partial charge >= 0.3 is 0 Å². The van der Waals surface area contributed by atoms with Crippen LogP contribution < -0.4 is 11.1 Å². The summed E-state index contributed by atoms with van der Waals surface area (Å²) in [6.45, 7) is 6.96. The minimum Gasteiger partial charge on any atom is -0.390 e. The number of aliphatic hydroxyl groups excluding tert-OH is 1. The third-order valence-electron chi connectivity index (χ3n) is 7.02. The first-order valence-corrected chi connectivity index (χ1v) is 11.7. The van der Waals surface area contributed by atoms with Crippen molar-refractivity contribution in [2.45, 2.75) is 83.0 Å².